The second-order valence-corrected chi connectivity index (χ2v) is 3.12. The molecule has 0 aliphatic rings. The van der Waals surface area contributed by atoms with Gasteiger partial charge in [-0.3, -0.25) is 4.79 Å². The highest BCUT2D eigenvalue weighted by molar-refractivity contribution is 5.72. The third kappa shape index (κ3) is 3.04. The van der Waals surface area contributed by atoms with Gasteiger partial charge in [0.2, 0.25) is 11.8 Å². The molecule has 1 aromatic heterocycles. The fourth-order valence-electron chi connectivity index (χ4n) is 0.875. The standard InChI is InChI=1S/C8H14N4O2/c1-6(13)9-5-4-7-10-8(11-14-7)12(2)3/h4-5H2,1-3H3,(H,9,13). The van der Waals surface area contributed by atoms with Crippen LogP contribution in [-0.2, 0) is 11.2 Å². The Bertz CT molecular complexity index is 308. The molecule has 14 heavy (non-hydrogen) atoms. The minimum absolute atomic E-state index is 0.0580. The van der Waals surface area contributed by atoms with Crippen LogP contribution in [0.2, 0.25) is 0 Å². The lowest BCUT2D eigenvalue weighted by molar-refractivity contribution is -0.118. The summed E-state index contributed by atoms with van der Waals surface area (Å²) in [5.41, 5.74) is 0. The largest absolute Gasteiger partial charge is 0.356 e. The molecule has 0 aliphatic carbocycles. The normalized spacial score (nSPS) is 9.93. The van der Waals surface area contributed by atoms with Gasteiger partial charge in [0, 0.05) is 34.0 Å². The Kier molecular flexibility index (Phi) is 3.44. The van der Waals surface area contributed by atoms with E-state index in [2.05, 4.69) is 15.5 Å². The zero-order valence-electron chi connectivity index (χ0n) is 8.57. The molecule has 1 N–H and O–H groups in total. The molecule has 0 saturated carbocycles. The smallest absolute Gasteiger partial charge is 0.265 e. The van der Waals surface area contributed by atoms with Gasteiger partial charge >= 0.3 is 0 Å². The van der Waals surface area contributed by atoms with Crippen LogP contribution < -0.4 is 10.2 Å². The van der Waals surface area contributed by atoms with Crippen LogP contribution in [-0.4, -0.2) is 36.7 Å². The van der Waals surface area contributed by atoms with Gasteiger partial charge in [-0.1, -0.05) is 0 Å². The van der Waals surface area contributed by atoms with Crippen LogP contribution in [0.25, 0.3) is 0 Å². The first-order valence-corrected chi connectivity index (χ1v) is 4.34. The van der Waals surface area contributed by atoms with Crippen LogP contribution in [0.1, 0.15) is 12.8 Å². The molecule has 0 atom stereocenters. The lowest BCUT2D eigenvalue weighted by Crippen LogP contribution is -2.22. The highest BCUT2D eigenvalue weighted by Crippen LogP contribution is 2.04. The van der Waals surface area contributed by atoms with E-state index in [4.69, 9.17) is 4.52 Å². The van der Waals surface area contributed by atoms with Crippen LogP contribution in [0.4, 0.5) is 5.95 Å². The Morgan fingerprint density at radius 3 is 2.79 bits per heavy atom. The van der Waals surface area contributed by atoms with Crippen LogP contribution in [0.3, 0.4) is 0 Å². The van der Waals surface area contributed by atoms with Crippen molar-refractivity contribution >= 4 is 11.9 Å². The SMILES string of the molecule is CC(=O)NCCc1nc(N(C)C)no1. The van der Waals surface area contributed by atoms with Gasteiger partial charge in [0.25, 0.3) is 5.95 Å². The second kappa shape index (κ2) is 4.59. The van der Waals surface area contributed by atoms with Gasteiger partial charge in [-0.05, 0) is 5.16 Å². The van der Waals surface area contributed by atoms with E-state index in [0.717, 1.165) is 0 Å². The molecule has 0 radical (unpaired) electrons. The first-order valence-electron chi connectivity index (χ1n) is 4.34. The van der Waals surface area contributed by atoms with E-state index in [1.54, 1.807) is 4.90 Å². The zero-order valence-corrected chi connectivity index (χ0v) is 8.57. The molecule has 0 unspecified atom stereocenters. The minimum Gasteiger partial charge on any atom is -0.356 e. The molecule has 0 aromatic carbocycles. The van der Waals surface area contributed by atoms with E-state index >= 15 is 0 Å². The molecule has 6 heteroatoms. The monoisotopic (exact) mass is 198 g/mol. The van der Waals surface area contributed by atoms with Crippen LogP contribution in [0, 0.1) is 0 Å². The topological polar surface area (TPSA) is 71.3 Å². The summed E-state index contributed by atoms with van der Waals surface area (Å²) < 4.78 is 4.95. The van der Waals surface area contributed by atoms with Crippen molar-refractivity contribution < 1.29 is 9.32 Å². The molecule has 1 amide bonds. The number of carbonyl (C=O) groups is 1. The van der Waals surface area contributed by atoms with Crippen molar-refractivity contribution in [1.82, 2.24) is 15.5 Å². The molecule has 0 aliphatic heterocycles. The molecule has 0 saturated heterocycles. The van der Waals surface area contributed by atoms with E-state index < -0.39 is 0 Å². The molecule has 1 aromatic rings. The Morgan fingerprint density at radius 2 is 2.29 bits per heavy atom. The van der Waals surface area contributed by atoms with Crippen molar-refractivity contribution in [2.75, 3.05) is 25.5 Å². The van der Waals surface area contributed by atoms with Crippen molar-refractivity contribution in [2.45, 2.75) is 13.3 Å². The number of aromatic nitrogens is 2. The molecule has 0 bridgehead atoms. The molecule has 0 spiro atoms. The van der Waals surface area contributed by atoms with Gasteiger partial charge in [-0.25, -0.2) is 0 Å². The summed E-state index contributed by atoms with van der Waals surface area (Å²) in [6.45, 7) is 1.99. The number of anilines is 1. The molecular weight excluding hydrogens is 184 g/mol. The average molecular weight is 198 g/mol. The fraction of sp³-hybridized carbons (Fsp3) is 0.625. The fourth-order valence-corrected chi connectivity index (χ4v) is 0.875. The maximum absolute atomic E-state index is 10.6. The van der Waals surface area contributed by atoms with E-state index in [0.29, 0.717) is 24.8 Å². The number of carbonyl (C=O) groups excluding carboxylic acids is 1. The third-order valence-electron chi connectivity index (χ3n) is 1.57. The zero-order chi connectivity index (χ0) is 10.6. The summed E-state index contributed by atoms with van der Waals surface area (Å²) >= 11 is 0. The van der Waals surface area contributed by atoms with Crippen molar-refractivity contribution in [3.63, 3.8) is 0 Å². The number of amides is 1. The maximum Gasteiger partial charge on any atom is 0.265 e. The van der Waals surface area contributed by atoms with Crippen molar-refractivity contribution in [2.24, 2.45) is 0 Å². The van der Waals surface area contributed by atoms with Crippen molar-refractivity contribution in [3.05, 3.63) is 5.89 Å². The third-order valence-corrected chi connectivity index (χ3v) is 1.57. The van der Waals surface area contributed by atoms with E-state index in [1.165, 1.54) is 6.92 Å². The Labute approximate surface area is 82.3 Å². The summed E-state index contributed by atoms with van der Waals surface area (Å²) in [6.07, 6.45) is 0.556. The lowest BCUT2D eigenvalue weighted by atomic mass is 10.4. The molecule has 1 rings (SSSR count). The quantitative estimate of drug-likeness (QED) is 0.726. The van der Waals surface area contributed by atoms with Gasteiger partial charge < -0.3 is 14.7 Å². The second-order valence-electron chi connectivity index (χ2n) is 3.12. The average Bonchev–Trinajstić information content (AvgIpc) is 2.52. The Balaban J connectivity index is 2.40. The Hall–Kier alpha value is -1.59. The van der Waals surface area contributed by atoms with Crippen LogP contribution in [0.5, 0.6) is 0 Å². The van der Waals surface area contributed by atoms with Gasteiger partial charge in [-0.2, -0.15) is 4.98 Å². The first-order chi connectivity index (χ1) is 6.59. The predicted octanol–water partition coefficient (Wildman–Crippen LogP) is -0.186. The summed E-state index contributed by atoms with van der Waals surface area (Å²) in [5, 5.41) is 6.39. The number of hydrogen-bond acceptors (Lipinski definition) is 5. The highest BCUT2D eigenvalue weighted by atomic mass is 16.5. The highest BCUT2D eigenvalue weighted by Gasteiger charge is 2.06. The molecule has 1 heterocycles. The summed E-state index contributed by atoms with van der Waals surface area (Å²) in [7, 11) is 3.67. The van der Waals surface area contributed by atoms with Gasteiger partial charge in [0.15, 0.2) is 0 Å². The summed E-state index contributed by atoms with van der Waals surface area (Å²) in [6, 6.07) is 0. The van der Waals surface area contributed by atoms with Gasteiger partial charge in [-0.15, -0.1) is 0 Å². The number of rotatable bonds is 4. The summed E-state index contributed by atoms with van der Waals surface area (Å²) in [4.78, 5) is 16.4. The van der Waals surface area contributed by atoms with Crippen molar-refractivity contribution in [3.8, 4) is 0 Å². The van der Waals surface area contributed by atoms with Crippen LogP contribution >= 0.6 is 0 Å². The first kappa shape index (κ1) is 10.5. The molecule has 6 nitrogen and oxygen atoms in total. The van der Waals surface area contributed by atoms with Crippen LogP contribution in [0.15, 0.2) is 4.52 Å². The molecular formula is C8H14N4O2. The van der Waals surface area contributed by atoms with E-state index in [-0.39, 0.29) is 5.91 Å². The van der Waals surface area contributed by atoms with Gasteiger partial charge in [0.05, 0.1) is 0 Å². The van der Waals surface area contributed by atoms with E-state index in [1.807, 2.05) is 14.1 Å². The summed E-state index contributed by atoms with van der Waals surface area (Å²) in [5.74, 6) is 1.02. The maximum atomic E-state index is 10.6. The lowest BCUT2D eigenvalue weighted by Gasteiger charge is -2.02. The molecule has 0 fully saturated rings. The Morgan fingerprint density at radius 1 is 1.57 bits per heavy atom. The van der Waals surface area contributed by atoms with Crippen molar-refractivity contribution in [1.29, 1.82) is 0 Å². The minimum atomic E-state index is -0.0580. The van der Waals surface area contributed by atoms with E-state index in [9.17, 15) is 4.79 Å². The number of nitrogens with zero attached hydrogens (tertiary/aromatic N) is 3. The molecule has 78 valence electrons. The number of hydrogen-bond donors (Lipinski definition) is 1. The predicted molar refractivity (Wildman–Crippen MR) is 51.0 cm³/mol. The number of nitrogens with one attached hydrogen (secondary N) is 1. The van der Waals surface area contributed by atoms with Gasteiger partial charge in [0.1, 0.15) is 0 Å².